The zero-order valence-corrected chi connectivity index (χ0v) is 13.6. The highest BCUT2D eigenvalue weighted by Gasteiger charge is 2.30. The summed E-state index contributed by atoms with van der Waals surface area (Å²) < 4.78 is 0. The molecule has 0 radical (unpaired) electrons. The maximum Gasteiger partial charge on any atom is 0.222 e. The van der Waals surface area contributed by atoms with Crippen LogP contribution in [0.5, 0.6) is 0 Å². The van der Waals surface area contributed by atoms with E-state index in [0.29, 0.717) is 17.2 Å². The molecule has 2 fully saturated rings. The van der Waals surface area contributed by atoms with Gasteiger partial charge in [0.2, 0.25) is 5.91 Å². The van der Waals surface area contributed by atoms with Gasteiger partial charge in [-0.05, 0) is 62.4 Å². The smallest absolute Gasteiger partial charge is 0.222 e. The molecule has 2 heterocycles. The predicted octanol–water partition coefficient (Wildman–Crippen LogP) is 3.05. The van der Waals surface area contributed by atoms with Crippen LogP contribution in [0.2, 0.25) is 0 Å². The number of carbonyl (C=O) groups is 1. The van der Waals surface area contributed by atoms with Gasteiger partial charge in [-0.2, -0.15) is 0 Å². The highest BCUT2D eigenvalue weighted by atomic mass is 16.2. The van der Waals surface area contributed by atoms with Gasteiger partial charge in [-0.15, -0.1) is 0 Å². The number of carbonyl (C=O) groups excluding carboxylic acids is 1. The minimum Gasteiger partial charge on any atom is -0.343 e. The lowest BCUT2D eigenvalue weighted by atomic mass is 9.77. The van der Waals surface area contributed by atoms with Gasteiger partial charge in [-0.3, -0.25) is 4.79 Å². The molecule has 3 heteroatoms. The molecule has 2 aliphatic heterocycles. The predicted molar refractivity (Wildman–Crippen MR) is 83.6 cm³/mol. The van der Waals surface area contributed by atoms with E-state index < -0.39 is 0 Å². The molecule has 0 aromatic rings. The molecule has 0 saturated carbocycles. The van der Waals surface area contributed by atoms with E-state index in [2.05, 4.69) is 31.0 Å². The van der Waals surface area contributed by atoms with Crippen molar-refractivity contribution >= 4 is 5.91 Å². The fraction of sp³-hybridized carbons (Fsp3) is 0.941. The molecule has 116 valence electrons. The summed E-state index contributed by atoms with van der Waals surface area (Å²) in [4.78, 5) is 14.4. The van der Waals surface area contributed by atoms with Gasteiger partial charge in [-0.1, -0.05) is 20.8 Å². The Hall–Kier alpha value is -0.570. The minimum atomic E-state index is 0.337. The number of amides is 1. The lowest BCUT2D eigenvalue weighted by Gasteiger charge is -2.30. The molecule has 20 heavy (non-hydrogen) atoms. The van der Waals surface area contributed by atoms with E-state index in [1.165, 1.54) is 32.2 Å². The summed E-state index contributed by atoms with van der Waals surface area (Å²) >= 11 is 0. The first-order valence-corrected chi connectivity index (χ1v) is 8.45. The van der Waals surface area contributed by atoms with E-state index in [1.807, 2.05) is 0 Å². The molecule has 2 atom stereocenters. The highest BCUT2D eigenvalue weighted by molar-refractivity contribution is 5.76. The average Bonchev–Trinajstić information content (AvgIpc) is 2.59. The summed E-state index contributed by atoms with van der Waals surface area (Å²) in [6, 6.07) is 0. The van der Waals surface area contributed by atoms with Crippen molar-refractivity contribution in [1.29, 1.82) is 0 Å². The third kappa shape index (κ3) is 4.47. The number of hydrogen-bond donors (Lipinski definition) is 1. The van der Waals surface area contributed by atoms with Gasteiger partial charge in [0, 0.05) is 19.5 Å². The number of piperidine rings is 1. The van der Waals surface area contributed by atoms with Crippen LogP contribution < -0.4 is 5.32 Å². The first kappa shape index (κ1) is 15.8. The van der Waals surface area contributed by atoms with Crippen molar-refractivity contribution in [2.24, 2.45) is 17.3 Å². The third-order valence-corrected chi connectivity index (χ3v) is 5.24. The number of rotatable bonds is 3. The molecule has 1 amide bonds. The van der Waals surface area contributed by atoms with Gasteiger partial charge in [0.1, 0.15) is 0 Å². The quantitative estimate of drug-likeness (QED) is 0.862. The Morgan fingerprint density at radius 1 is 1.25 bits per heavy atom. The van der Waals surface area contributed by atoms with Crippen LogP contribution >= 0.6 is 0 Å². The van der Waals surface area contributed by atoms with E-state index in [1.54, 1.807) is 0 Å². The lowest BCUT2D eigenvalue weighted by molar-refractivity contribution is -0.130. The molecule has 1 N–H and O–H groups in total. The van der Waals surface area contributed by atoms with Crippen LogP contribution in [0.15, 0.2) is 0 Å². The molecule has 2 unspecified atom stereocenters. The average molecular weight is 280 g/mol. The Labute approximate surface area is 124 Å². The van der Waals surface area contributed by atoms with Gasteiger partial charge in [0.25, 0.3) is 0 Å². The molecule has 0 aliphatic carbocycles. The molecule has 0 aromatic heterocycles. The van der Waals surface area contributed by atoms with Gasteiger partial charge in [0.05, 0.1) is 0 Å². The minimum absolute atomic E-state index is 0.337. The van der Waals surface area contributed by atoms with Crippen LogP contribution in [0.25, 0.3) is 0 Å². The Kier molecular flexibility index (Phi) is 5.48. The van der Waals surface area contributed by atoms with Crippen LogP contribution in [-0.2, 0) is 4.79 Å². The molecule has 2 saturated heterocycles. The van der Waals surface area contributed by atoms with Crippen LogP contribution in [-0.4, -0.2) is 37.0 Å². The molecular formula is C17H32N2O. The fourth-order valence-electron chi connectivity index (χ4n) is 3.65. The summed E-state index contributed by atoms with van der Waals surface area (Å²) in [5, 5.41) is 3.47. The number of likely N-dealkylation sites (tertiary alicyclic amines) is 1. The van der Waals surface area contributed by atoms with Gasteiger partial charge >= 0.3 is 0 Å². The maximum absolute atomic E-state index is 12.3. The fourth-order valence-corrected chi connectivity index (χ4v) is 3.65. The van der Waals surface area contributed by atoms with Crippen molar-refractivity contribution in [3.8, 4) is 0 Å². The normalized spacial score (nSPS) is 29.4. The zero-order valence-electron chi connectivity index (χ0n) is 13.6. The Morgan fingerprint density at radius 3 is 2.70 bits per heavy atom. The summed E-state index contributed by atoms with van der Waals surface area (Å²) in [5.41, 5.74) is 0.337. The Bertz CT molecular complexity index is 315. The van der Waals surface area contributed by atoms with Crippen molar-refractivity contribution in [2.75, 3.05) is 26.2 Å². The second kappa shape index (κ2) is 6.93. The van der Waals surface area contributed by atoms with Gasteiger partial charge in [-0.25, -0.2) is 0 Å². The lowest BCUT2D eigenvalue weighted by Crippen LogP contribution is -2.36. The Balaban J connectivity index is 1.80. The first-order chi connectivity index (χ1) is 9.47. The molecule has 2 aliphatic rings. The number of nitrogens with zero attached hydrogens (tertiary/aromatic N) is 1. The topological polar surface area (TPSA) is 32.3 Å². The van der Waals surface area contributed by atoms with E-state index in [4.69, 9.17) is 0 Å². The van der Waals surface area contributed by atoms with Crippen LogP contribution in [0, 0.1) is 17.3 Å². The molecule has 0 spiro atoms. The standard InChI is InChI=1S/C17H32N2O/c1-17(2,3)15-6-7-16(20)19(12-9-15)11-8-14-5-4-10-18-13-14/h14-15,18H,4-13H2,1-3H3. The van der Waals surface area contributed by atoms with E-state index in [9.17, 15) is 4.79 Å². The van der Waals surface area contributed by atoms with E-state index >= 15 is 0 Å². The van der Waals surface area contributed by atoms with Crippen LogP contribution in [0.4, 0.5) is 0 Å². The summed E-state index contributed by atoms with van der Waals surface area (Å²) in [5.74, 6) is 1.85. The van der Waals surface area contributed by atoms with Crippen LogP contribution in [0.1, 0.15) is 59.3 Å². The molecule has 3 nitrogen and oxygen atoms in total. The van der Waals surface area contributed by atoms with Crippen molar-refractivity contribution in [3.05, 3.63) is 0 Å². The first-order valence-electron chi connectivity index (χ1n) is 8.45. The van der Waals surface area contributed by atoms with Crippen molar-refractivity contribution < 1.29 is 4.79 Å². The number of hydrogen-bond acceptors (Lipinski definition) is 2. The third-order valence-electron chi connectivity index (χ3n) is 5.24. The summed E-state index contributed by atoms with van der Waals surface area (Å²) in [6.45, 7) is 11.2. The Morgan fingerprint density at radius 2 is 2.05 bits per heavy atom. The van der Waals surface area contributed by atoms with Gasteiger partial charge < -0.3 is 10.2 Å². The second-order valence-electron chi connectivity index (χ2n) is 7.77. The highest BCUT2D eigenvalue weighted by Crippen LogP contribution is 2.34. The van der Waals surface area contributed by atoms with E-state index in [0.717, 1.165) is 38.4 Å². The second-order valence-corrected chi connectivity index (χ2v) is 7.77. The monoisotopic (exact) mass is 280 g/mol. The molecule has 0 bridgehead atoms. The summed E-state index contributed by atoms with van der Waals surface area (Å²) in [6.07, 6.45) is 6.82. The zero-order chi connectivity index (χ0) is 14.6. The largest absolute Gasteiger partial charge is 0.343 e. The molecular weight excluding hydrogens is 248 g/mol. The van der Waals surface area contributed by atoms with Crippen molar-refractivity contribution in [2.45, 2.75) is 59.3 Å². The molecule has 2 rings (SSSR count). The van der Waals surface area contributed by atoms with Crippen LogP contribution in [0.3, 0.4) is 0 Å². The number of nitrogens with one attached hydrogen (secondary N) is 1. The van der Waals surface area contributed by atoms with E-state index in [-0.39, 0.29) is 0 Å². The van der Waals surface area contributed by atoms with Crippen molar-refractivity contribution in [3.63, 3.8) is 0 Å². The molecule has 0 aromatic carbocycles. The van der Waals surface area contributed by atoms with Crippen molar-refractivity contribution in [1.82, 2.24) is 10.2 Å². The van der Waals surface area contributed by atoms with Gasteiger partial charge in [0.15, 0.2) is 0 Å². The SMILES string of the molecule is CC(C)(C)C1CCC(=O)N(CCC2CCCNC2)CC1. The maximum atomic E-state index is 12.3. The summed E-state index contributed by atoms with van der Waals surface area (Å²) in [7, 11) is 0.